The van der Waals surface area contributed by atoms with Crippen molar-refractivity contribution in [2.45, 2.75) is 19.5 Å². The van der Waals surface area contributed by atoms with E-state index in [1.807, 2.05) is 0 Å². The van der Waals surface area contributed by atoms with Crippen LogP contribution in [0.25, 0.3) is 0 Å². The minimum absolute atomic E-state index is 0.0718. The van der Waals surface area contributed by atoms with Crippen molar-refractivity contribution < 1.29 is 22.8 Å². The molecule has 1 rings (SSSR count). The Morgan fingerprint density at radius 3 is 2.58 bits per heavy atom. The third kappa shape index (κ3) is 4.16. The Balaban J connectivity index is 3.12. The van der Waals surface area contributed by atoms with Crippen LogP contribution in [0.5, 0.6) is 0 Å². The van der Waals surface area contributed by atoms with Gasteiger partial charge >= 0.3 is 6.18 Å². The first-order valence-corrected chi connectivity index (χ1v) is 5.66. The predicted octanol–water partition coefficient (Wildman–Crippen LogP) is 3.52. The highest BCUT2D eigenvalue weighted by molar-refractivity contribution is 7.80. The van der Waals surface area contributed by atoms with Crippen LogP contribution in [-0.4, -0.2) is 16.6 Å². The van der Waals surface area contributed by atoms with E-state index < -0.39 is 22.4 Å². The molecule has 0 heterocycles. The lowest BCUT2D eigenvalue weighted by molar-refractivity contribution is -0.385. The summed E-state index contributed by atoms with van der Waals surface area (Å²) in [4.78, 5) is 9.93. The molecule has 4 nitrogen and oxygen atoms in total. The zero-order chi connectivity index (χ0) is 14.6. The lowest BCUT2D eigenvalue weighted by atomic mass is 10.1. The van der Waals surface area contributed by atoms with E-state index in [0.29, 0.717) is 12.7 Å². The van der Waals surface area contributed by atoms with Gasteiger partial charge in [0.2, 0.25) is 0 Å². The highest BCUT2D eigenvalue weighted by Crippen LogP contribution is 2.33. The SMILES string of the molecule is CCOC(=S)Cc1ccc(C(F)(F)F)cc1[N+](=O)[O-]. The van der Waals surface area contributed by atoms with Crippen LogP contribution >= 0.6 is 12.2 Å². The van der Waals surface area contributed by atoms with Gasteiger partial charge in [0, 0.05) is 18.1 Å². The van der Waals surface area contributed by atoms with Gasteiger partial charge in [-0.15, -0.1) is 0 Å². The summed E-state index contributed by atoms with van der Waals surface area (Å²) in [7, 11) is 0. The summed E-state index contributed by atoms with van der Waals surface area (Å²) >= 11 is 4.82. The Morgan fingerprint density at radius 2 is 2.11 bits per heavy atom. The molecule has 0 radical (unpaired) electrons. The van der Waals surface area contributed by atoms with E-state index in [-0.39, 0.29) is 17.0 Å². The molecule has 19 heavy (non-hydrogen) atoms. The number of thiocarbonyl (C=S) groups is 1. The number of hydrogen-bond donors (Lipinski definition) is 0. The van der Waals surface area contributed by atoms with Gasteiger partial charge in [0.1, 0.15) is 0 Å². The van der Waals surface area contributed by atoms with Gasteiger partial charge in [-0.25, -0.2) is 0 Å². The van der Waals surface area contributed by atoms with Crippen molar-refractivity contribution in [3.05, 3.63) is 39.4 Å². The molecule has 0 N–H and O–H groups in total. The molecule has 8 heteroatoms. The molecular weight excluding hydrogens is 283 g/mol. The van der Waals surface area contributed by atoms with Gasteiger partial charge in [-0.2, -0.15) is 13.2 Å². The van der Waals surface area contributed by atoms with Crippen LogP contribution in [0.15, 0.2) is 18.2 Å². The Morgan fingerprint density at radius 1 is 1.47 bits per heavy atom. The van der Waals surface area contributed by atoms with Crippen molar-refractivity contribution in [3.8, 4) is 0 Å². The van der Waals surface area contributed by atoms with Crippen molar-refractivity contribution in [2.24, 2.45) is 0 Å². The third-order valence-corrected chi connectivity index (χ3v) is 2.51. The van der Waals surface area contributed by atoms with Crippen molar-refractivity contribution >= 4 is 23.0 Å². The second-order valence-corrected chi connectivity index (χ2v) is 4.04. The van der Waals surface area contributed by atoms with Gasteiger partial charge in [-0.3, -0.25) is 10.1 Å². The standard InChI is InChI=1S/C11H10F3NO3S/c1-2-18-10(19)5-7-3-4-8(11(12,13)14)6-9(7)15(16)17/h3-4,6H,2,5H2,1H3. The molecule has 0 fully saturated rings. The number of ether oxygens (including phenoxy) is 1. The quantitative estimate of drug-likeness (QED) is 0.484. The van der Waals surface area contributed by atoms with Gasteiger partial charge in [0.25, 0.3) is 5.69 Å². The fraction of sp³-hybridized carbons (Fsp3) is 0.364. The Hall–Kier alpha value is -1.70. The van der Waals surface area contributed by atoms with Crippen molar-refractivity contribution in [2.75, 3.05) is 6.61 Å². The molecule has 0 aliphatic carbocycles. The molecule has 1 aromatic carbocycles. The van der Waals surface area contributed by atoms with Crippen molar-refractivity contribution in [1.82, 2.24) is 0 Å². The number of benzene rings is 1. The van der Waals surface area contributed by atoms with E-state index in [1.54, 1.807) is 6.92 Å². The van der Waals surface area contributed by atoms with Crippen LogP contribution < -0.4 is 0 Å². The van der Waals surface area contributed by atoms with Crippen LogP contribution in [0.1, 0.15) is 18.1 Å². The molecule has 0 saturated carbocycles. The molecule has 0 aliphatic heterocycles. The Bertz CT molecular complexity index is 502. The molecule has 0 aliphatic rings. The maximum atomic E-state index is 12.5. The summed E-state index contributed by atoms with van der Waals surface area (Å²) in [5.74, 6) is 0. The first-order valence-electron chi connectivity index (χ1n) is 5.25. The fourth-order valence-corrected chi connectivity index (χ4v) is 1.70. The molecule has 1 aromatic rings. The van der Waals surface area contributed by atoms with Gasteiger partial charge in [-0.1, -0.05) is 6.07 Å². The maximum absolute atomic E-state index is 12.5. The first-order chi connectivity index (χ1) is 8.75. The second-order valence-electron chi connectivity index (χ2n) is 3.58. The number of hydrogen-bond acceptors (Lipinski definition) is 4. The number of rotatable bonds is 4. The summed E-state index contributed by atoms with van der Waals surface area (Å²) in [6.07, 6.45) is -4.69. The monoisotopic (exact) mass is 293 g/mol. The summed E-state index contributed by atoms with van der Waals surface area (Å²) < 4.78 is 42.4. The minimum atomic E-state index is -4.62. The van der Waals surface area contributed by atoms with Gasteiger partial charge < -0.3 is 4.74 Å². The van der Waals surface area contributed by atoms with E-state index >= 15 is 0 Å². The molecule has 0 saturated heterocycles. The summed E-state index contributed by atoms with van der Waals surface area (Å²) in [6, 6.07) is 2.34. The topological polar surface area (TPSA) is 52.4 Å². The lowest BCUT2D eigenvalue weighted by Crippen LogP contribution is -2.10. The van der Waals surface area contributed by atoms with Crippen molar-refractivity contribution in [1.29, 1.82) is 0 Å². The van der Waals surface area contributed by atoms with Crippen LogP contribution in [0.2, 0.25) is 0 Å². The van der Waals surface area contributed by atoms with Gasteiger partial charge in [0.05, 0.1) is 17.1 Å². The van der Waals surface area contributed by atoms with Gasteiger partial charge in [-0.05, 0) is 25.2 Å². The molecule has 0 unspecified atom stereocenters. The number of halogens is 3. The number of nitrogens with zero attached hydrogens (tertiary/aromatic N) is 1. The predicted molar refractivity (Wildman–Crippen MR) is 66.0 cm³/mol. The average Bonchev–Trinajstić information content (AvgIpc) is 2.27. The normalized spacial score (nSPS) is 11.2. The van der Waals surface area contributed by atoms with Crippen LogP contribution in [0, 0.1) is 10.1 Å². The highest BCUT2D eigenvalue weighted by atomic mass is 32.1. The van der Waals surface area contributed by atoms with Crippen LogP contribution in [0.3, 0.4) is 0 Å². The highest BCUT2D eigenvalue weighted by Gasteiger charge is 2.33. The summed E-state index contributed by atoms with van der Waals surface area (Å²) in [6.45, 7) is 1.99. The molecule has 0 spiro atoms. The Labute approximate surface area is 112 Å². The van der Waals surface area contributed by atoms with E-state index in [4.69, 9.17) is 17.0 Å². The zero-order valence-corrected chi connectivity index (χ0v) is 10.7. The summed E-state index contributed by atoms with van der Waals surface area (Å²) in [5.41, 5.74) is -1.58. The average molecular weight is 293 g/mol. The molecular formula is C11H10F3NO3S. The molecule has 0 bridgehead atoms. The number of alkyl halides is 3. The van der Waals surface area contributed by atoms with E-state index in [0.717, 1.165) is 12.1 Å². The first kappa shape index (κ1) is 15.4. The number of nitro benzene ring substituents is 1. The Kier molecular flexibility index (Phi) is 4.82. The zero-order valence-electron chi connectivity index (χ0n) is 9.86. The number of nitro groups is 1. The minimum Gasteiger partial charge on any atom is -0.487 e. The van der Waals surface area contributed by atoms with E-state index in [2.05, 4.69) is 0 Å². The molecule has 0 atom stereocenters. The third-order valence-electron chi connectivity index (χ3n) is 2.25. The van der Waals surface area contributed by atoms with E-state index in [1.165, 1.54) is 0 Å². The maximum Gasteiger partial charge on any atom is 0.416 e. The molecule has 0 amide bonds. The van der Waals surface area contributed by atoms with Crippen LogP contribution in [-0.2, 0) is 17.3 Å². The lowest BCUT2D eigenvalue weighted by Gasteiger charge is -2.09. The largest absolute Gasteiger partial charge is 0.487 e. The fourth-order valence-electron chi connectivity index (χ4n) is 1.43. The summed E-state index contributed by atoms with van der Waals surface area (Å²) in [5, 5.41) is 10.9. The molecule has 0 aromatic heterocycles. The second kappa shape index (κ2) is 5.96. The van der Waals surface area contributed by atoms with E-state index in [9.17, 15) is 23.3 Å². The van der Waals surface area contributed by atoms with Crippen LogP contribution in [0.4, 0.5) is 18.9 Å². The molecule has 104 valence electrons. The van der Waals surface area contributed by atoms with Gasteiger partial charge in [0.15, 0.2) is 5.05 Å². The van der Waals surface area contributed by atoms with Crippen molar-refractivity contribution in [3.63, 3.8) is 0 Å². The smallest absolute Gasteiger partial charge is 0.416 e.